The first kappa shape index (κ1) is 9.52. The predicted molar refractivity (Wildman–Crippen MR) is 58.7 cm³/mol. The van der Waals surface area contributed by atoms with Crippen LogP contribution in [0, 0.1) is 0 Å². The van der Waals surface area contributed by atoms with Gasteiger partial charge in [0, 0.05) is 0 Å². The van der Waals surface area contributed by atoms with E-state index in [0.717, 1.165) is 5.56 Å². The lowest BCUT2D eigenvalue weighted by atomic mass is 9.87. The highest BCUT2D eigenvalue weighted by molar-refractivity contribution is 5.89. The first-order chi connectivity index (χ1) is 7.26. The SMILES string of the molecule is NC(=O)C1(c2ccccc2)C=CC=CN1. The zero-order valence-electron chi connectivity index (χ0n) is 8.18. The number of hydrogen-bond donors (Lipinski definition) is 2. The molecule has 3 nitrogen and oxygen atoms in total. The van der Waals surface area contributed by atoms with Crippen LogP contribution in [0.25, 0.3) is 0 Å². The van der Waals surface area contributed by atoms with Gasteiger partial charge in [0.25, 0.3) is 5.91 Å². The summed E-state index contributed by atoms with van der Waals surface area (Å²) in [7, 11) is 0. The maximum Gasteiger partial charge on any atom is 0.251 e. The molecule has 0 radical (unpaired) electrons. The zero-order valence-corrected chi connectivity index (χ0v) is 8.18. The summed E-state index contributed by atoms with van der Waals surface area (Å²) < 4.78 is 0. The molecule has 0 bridgehead atoms. The van der Waals surface area contributed by atoms with Crippen LogP contribution in [0.4, 0.5) is 0 Å². The van der Waals surface area contributed by atoms with Crippen LogP contribution in [0.3, 0.4) is 0 Å². The largest absolute Gasteiger partial charge is 0.370 e. The number of dihydropyridines is 1. The van der Waals surface area contributed by atoms with Gasteiger partial charge in [0.1, 0.15) is 0 Å². The average molecular weight is 200 g/mol. The molecule has 1 aromatic carbocycles. The first-order valence-corrected chi connectivity index (χ1v) is 4.73. The number of benzene rings is 1. The van der Waals surface area contributed by atoms with E-state index in [2.05, 4.69) is 5.32 Å². The van der Waals surface area contributed by atoms with Gasteiger partial charge in [-0.2, -0.15) is 0 Å². The van der Waals surface area contributed by atoms with Gasteiger partial charge in [-0.15, -0.1) is 0 Å². The van der Waals surface area contributed by atoms with Crippen LogP contribution in [0.1, 0.15) is 5.56 Å². The lowest BCUT2D eigenvalue weighted by Gasteiger charge is -2.29. The van der Waals surface area contributed by atoms with Gasteiger partial charge in [-0.3, -0.25) is 4.79 Å². The monoisotopic (exact) mass is 200 g/mol. The Labute approximate surface area is 88.3 Å². The van der Waals surface area contributed by atoms with Gasteiger partial charge in [-0.05, 0) is 23.9 Å². The molecule has 3 N–H and O–H groups in total. The van der Waals surface area contributed by atoms with Crippen molar-refractivity contribution >= 4 is 5.91 Å². The summed E-state index contributed by atoms with van der Waals surface area (Å²) in [5.74, 6) is -0.408. The van der Waals surface area contributed by atoms with Crippen LogP contribution in [-0.2, 0) is 10.3 Å². The molecule has 3 heteroatoms. The molecule has 0 aliphatic carbocycles. The van der Waals surface area contributed by atoms with Crippen LogP contribution in [-0.4, -0.2) is 5.91 Å². The van der Waals surface area contributed by atoms with Crippen LogP contribution in [0.15, 0.2) is 54.8 Å². The van der Waals surface area contributed by atoms with Gasteiger partial charge in [0.15, 0.2) is 5.54 Å². The van der Waals surface area contributed by atoms with Crippen LogP contribution >= 0.6 is 0 Å². The highest BCUT2D eigenvalue weighted by Gasteiger charge is 2.35. The Morgan fingerprint density at radius 1 is 1.20 bits per heavy atom. The van der Waals surface area contributed by atoms with Crippen molar-refractivity contribution in [3.63, 3.8) is 0 Å². The Morgan fingerprint density at radius 3 is 2.47 bits per heavy atom. The molecule has 1 aromatic rings. The smallest absolute Gasteiger partial charge is 0.251 e. The number of nitrogens with one attached hydrogen (secondary N) is 1. The number of nitrogens with two attached hydrogens (primary N) is 1. The minimum absolute atomic E-state index is 0.408. The van der Waals surface area contributed by atoms with Gasteiger partial charge in [0.2, 0.25) is 0 Å². The maximum atomic E-state index is 11.6. The Hall–Kier alpha value is -2.03. The quantitative estimate of drug-likeness (QED) is 0.749. The summed E-state index contributed by atoms with van der Waals surface area (Å²) in [6.45, 7) is 0. The van der Waals surface area contributed by atoms with Gasteiger partial charge < -0.3 is 11.1 Å². The van der Waals surface area contributed by atoms with Gasteiger partial charge in [0.05, 0.1) is 0 Å². The fourth-order valence-corrected chi connectivity index (χ4v) is 1.66. The van der Waals surface area contributed by atoms with Crippen molar-refractivity contribution in [3.05, 3.63) is 60.3 Å². The fourth-order valence-electron chi connectivity index (χ4n) is 1.66. The molecule has 1 aliphatic heterocycles. The number of primary amides is 1. The molecule has 1 unspecified atom stereocenters. The zero-order chi connectivity index (χ0) is 10.7. The fraction of sp³-hybridized carbons (Fsp3) is 0.0833. The number of carbonyl (C=O) groups excluding carboxylic acids is 1. The molecule has 0 spiro atoms. The second-order valence-electron chi connectivity index (χ2n) is 3.40. The van der Waals surface area contributed by atoms with E-state index in [1.807, 2.05) is 42.5 Å². The number of amides is 1. The second-order valence-corrected chi connectivity index (χ2v) is 3.40. The molecule has 0 saturated heterocycles. The van der Waals surface area contributed by atoms with E-state index in [9.17, 15) is 4.79 Å². The third kappa shape index (κ3) is 1.52. The normalized spacial score (nSPS) is 23.5. The predicted octanol–water partition coefficient (Wildman–Crippen LogP) is 1.04. The Kier molecular flexibility index (Phi) is 2.29. The number of rotatable bonds is 2. The third-order valence-corrected chi connectivity index (χ3v) is 2.48. The van der Waals surface area contributed by atoms with E-state index in [0.29, 0.717) is 0 Å². The van der Waals surface area contributed by atoms with Gasteiger partial charge in [-0.25, -0.2) is 0 Å². The number of carbonyl (C=O) groups is 1. The Balaban J connectivity index is 2.49. The van der Waals surface area contributed by atoms with Crippen molar-refractivity contribution in [1.82, 2.24) is 5.32 Å². The van der Waals surface area contributed by atoms with Crippen molar-refractivity contribution in [2.75, 3.05) is 0 Å². The molecule has 1 amide bonds. The highest BCUT2D eigenvalue weighted by Crippen LogP contribution is 2.24. The van der Waals surface area contributed by atoms with Crippen molar-refractivity contribution in [2.24, 2.45) is 5.73 Å². The Bertz CT molecular complexity index is 423. The lowest BCUT2D eigenvalue weighted by Crippen LogP contribution is -2.49. The average Bonchev–Trinajstić information content (AvgIpc) is 2.31. The minimum atomic E-state index is -0.907. The van der Waals surface area contributed by atoms with Crippen LogP contribution in [0.5, 0.6) is 0 Å². The molecule has 1 heterocycles. The van der Waals surface area contributed by atoms with Crippen molar-refractivity contribution in [3.8, 4) is 0 Å². The summed E-state index contributed by atoms with van der Waals surface area (Å²) in [5, 5.41) is 3.01. The molecule has 0 saturated carbocycles. The Morgan fingerprint density at radius 2 is 1.93 bits per heavy atom. The van der Waals surface area contributed by atoms with Crippen LogP contribution < -0.4 is 11.1 Å². The topological polar surface area (TPSA) is 55.1 Å². The van der Waals surface area contributed by atoms with Crippen molar-refractivity contribution in [2.45, 2.75) is 5.54 Å². The van der Waals surface area contributed by atoms with E-state index in [-0.39, 0.29) is 0 Å². The van der Waals surface area contributed by atoms with E-state index < -0.39 is 11.4 Å². The standard InChI is InChI=1S/C12H12N2O/c13-11(15)12(8-4-5-9-14-12)10-6-2-1-3-7-10/h1-9,14H,(H2,13,15). The molecule has 1 atom stereocenters. The maximum absolute atomic E-state index is 11.6. The van der Waals surface area contributed by atoms with Crippen molar-refractivity contribution < 1.29 is 4.79 Å². The second kappa shape index (κ2) is 3.61. The van der Waals surface area contributed by atoms with E-state index >= 15 is 0 Å². The highest BCUT2D eigenvalue weighted by atomic mass is 16.1. The molecule has 0 aromatic heterocycles. The molecule has 1 aliphatic rings. The number of allylic oxidation sites excluding steroid dienone is 2. The molecular formula is C12H12N2O. The van der Waals surface area contributed by atoms with E-state index in [1.165, 1.54) is 0 Å². The van der Waals surface area contributed by atoms with E-state index in [1.54, 1.807) is 12.3 Å². The first-order valence-electron chi connectivity index (χ1n) is 4.73. The lowest BCUT2D eigenvalue weighted by molar-refractivity contribution is -0.122. The van der Waals surface area contributed by atoms with E-state index in [4.69, 9.17) is 5.73 Å². The van der Waals surface area contributed by atoms with Crippen LogP contribution in [0.2, 0.25) is 0 Å². The summed E-state index contributed by atoms with van der Waals surface area (Å²) in [6, 6.07) is 9.42. The minimum Gasteiger partial charge on any atom is -0.370 e. The van der Waals surface area contributed by atoms with Crippen molar-refractivity contribution in [1.29, 1.82) is 0 Å². The van der Waals surface area contributed by atoms with Gasteiger partial charge >= 0.3 is 0 Å². The summed E-state index contributed by atoms with van der Waals surface area (Å²) >= 11 is 0. The molecule has 2 rings (SSSR count). The molecule has 15 heavy (non-hydrogen) atoms. The third-order valence-electron chi connectivity index (χ3n) is 2.48. The molecule has 0 fully saturated rings. The number of hydrogen-bond acceptors (Lipinski definition) is 2. The molecular weight excluding hydrogens is 188 g/mol. The summed E-state index contributed by atoms with van der Waals surface area (Å²) in [4.78, 5) is 11.6. The molecule has 76 valence electrons. The summed E-state index contributed by atoms with van der Waals surface area (Å²) in [5.41, 5.74) is 5.39. The van der Waals surface area contributed by atoms with Gasteiger partial charge in [-0.1, -0.05) is 36.4 Å². The summed E-state index contributed by atoms with van der Waals surface area (Å²) in [6.07, 6.45) is 7.13.